The molecule has 1 aliphatic carbocycles. The number of nitrogens with zero attached hydrogens (tertiary/aromatic N) is 6. The Morgan fingerprint density at radius 3 is 2.64 bits per heavy atom. The molecule has 1 amide bonds. The van der Waals surface area contributed by atoms with Crippen molar-refractivity contribution in [2.75, 3.05) is 16.0 Å². The standard InChI is InChI=1S/C24H29FN10O/c1-14(2)34-10-8-21(32-34)30-19-11-22(29-16-5-3-15(26)4-6-16)33-35-20(13-28-23(19)35)24(36)31-18-7-9-27-12-17(18)25/h7-16H,3-6,26H2,1-2H3,(H,29,33)(H,30,32)(H,27,31,36). The predicted molar refractivity (Wildman–Crippen MR) is 135 cm³/mol. The average molecular weight is 493 g/mol. The molecule has 0 spiro atoms. The van der Waals surface area contributed by atoms with Crippen LogP contribution >= 0.6 is 0 Å². The van der Waals surface area contributed by atoms with Gasteiger partial charge in [0, 0.05) is 42.7 Å². The zero-order chi connectivity index (χ0) is 25.2. The Kier molecular flexibility index (Phi) is 6.51. The summed E-state index contributed by atoms with van der Waals surface area (Å²) >= 11 is 0. The van der Waals surface area contributed by atoms with E-state index in [1.807, 2.05) is 36.9 Å². The van der Waals surface area contributed by atoms with E-state index in [4.69, 9.17) is 5.73 Å². The first-order valence-electron chi connectivity index (χ1n) is 12.0. The van der Waals surface area contributed by atoms with Crippen LogP contribution < -0.4 is 21.7 Å². The van der Waals surface area contributed by atoms with E-state index in [0.29, 0.717) is 23.0 Å². The average Bonchev–Trinajstić information content (AvgIpc) is 3.50. The summed E-state index contributed by atoms with van der Waals surface area (Å²) < 4.78 is 17.4. The van der Waals surface area contributed by atoms with Gasteiger partial charge in [0.2, 0.25) is 0 Å². The number of hydrogen-bond donors (Lipinski definition) is 4. The van der Waals surface area contributed by atoms with Crippen LogP contribution in [-0.4, -0.2) is 47.4 Å². The number of pyridine rings is 1. The second-order valence-electron chi connectivity index (χ2n) is 9.29. The minimum atomic E-state index is -0.631. The monoisotopic (exact) mass is 492 g/mol. The van der Waals surface area contributed by atoms with Crippen LogP contribution in [0.5, 0.6) is 0 Å². The van der Waals surface area contributed by atoms with Crippen molar-refractivity contribution >= 4 is 34.6 Å². The lowest BCUT2D eigenvalue weighted by molar-refractivity contribution is 0.102. The molecule has 4 heterocycles. The Morgan fingerprint density at radius 1 is 1.11 bits per heavy atom. The van der Waals surface area contributed by atoms with Crippen LogP contribution in [0.2, 0.25) is 0 Å². The van der Waals surface area contributed by atoms with Gasteiger partial charge in [-0.15, -0.1) is 5.10 Å². The molecule has 1 fully saturated rings. The molecule has 4 aromatic heterocycles. The maximum atomic E-state index is 14.1. The summed E-state index contributed by atoms with van der Waals surface area (Å²) in [6.07, 6.45) is 9.49. The summed E-state index contributed by atoms with van der Waals surface area (Å²) in [4.78, 5) is 21.2. The minimum absolute atomic E-state index is 0.0235. The molecule has 0 saturated heterocycles. The van der Waals surface area contributed by atoms with Crippen molar-refractivity contribution in [3.63, 3.8) is 0 Å². The Balaban J connectivity index is 1.49. The number of amides is 1. The summed E-state index contributed by atoms with van der Waals surface area (Å²) in [5.41, 5.74) is 7.31. The summed E-state index contributed by atoms with van der Waals surface area (Å²) in [7, 11) is 0. The van der Waals surface area contributed by atoms with Crippen molar-refractivity contribution in [1.29, 1.82) is 0 Å². The maximum Gasteiger partial charge on any atom is 0.276 e. The number of imidazole rings is 1. The first-order valence-corrected chi connectivity index (χ1v) is 12.0. The third kappa shape index (κ3) is 4.98. The summed E-state index contributed by atoms with van der Waals surface area (Å²) in [6, 6.07) is 5.77. The number of nitrogens with two attached hydrogens (primary N) is 1. The fourth-order valence-electron chi connectivity index (χ4n) is 4.25. The van der Waals surface area contributed by atoms with Crippen LogP contribution in [0.25, 0.3) is 5.65 Å². The summed E-state index contributed by atoms with van der Waals surface area (Å²) in [5, 5.41) is 18.6. The number of carbonyl (C=O) groups excluding carboxylic acids is 1. The number of anilines is 4. The number of nitrogens with one attached hydrogen (secondary N) is 3. The number of aromatic nitrogens is 6. The van der Waals surface area contributed by atoms with Gasteiger partial charge in [0.15, 0.2) is 23.0 Å². The van der Waals surface area contributed by atoms with Gasteiger partial charge >= 0.3 is 0 Å². The van der Waals surface area contributed by atoms with Crippen LogP contribution in [0.1, 0.15) is 56.1 Å². The fourth-order valence-corrected chi connectivity index (χ4v) is 4.25. The highest BCUT2D eigenvalue weighted by atomic mass is 19.1. The number of halogens is 1. The van der Waals surface area contributed by atoms with Crippen LogP contribution in [0, 0.1) is 5.82 Å². The molecule has 4 aromatic rings. The molecule has 188 valence electrons. The van der Waals surface area contributed by atoms with Gasteiger partial charge in [-0.05, 0) is 45.6 Å². The van der Waals surface area contributed by atoms with Gasteiger partial charge in [0.25, 0.3) is 5.91 Å². The molecule has 1 saturated carbocycles. The van der Waals surface area contributed by atoms with Crippen molar-refractivity contribution in [2.24, 2.45) is 5.73 Å². The van der Waals surface area contributed by atoms with Crippen LogP contribution in [0.4, 0.5) is 27.4 Å². The predicted octanol–water partition coefficient (Wildman–Crippen LogP) is 3.72. The molecule has 0 unspecified atom stereocenters. The second-order valence-corrected chi connectivity index (χ2v) is 9.29. The molecule has 5 rings (SSSR count). The Bertz CT molecular complexity index is 1370. The van der Waals surface area contributed by atoms with Gasteiger partial charge in [-0.1, -0.05) is 0 Å². The smallest absolute Gasteiger partial charge is 0.276 e. The van der Waals surface area contributed by atoms with E-state index in [1.54, 1.807) is 0 Å². The van der Waals surface area contributed by atoms with Crippen LogP contribution in [0.3, 0.4) is 0 Å². The van der Waals surface area contributed by atoms with E-state index >= 15 is 0 Å². The molecule has 12 heteroatoms. The van der Waals surface area contributed by atoms with E-state index in [2.05, 4.69) is 36.1 Å². The second kappa shape index (κ2) is 9.90. The quantitative estimate of drug-likeness (QED) is 0.306. The lowest BCUT2D eigenvalue weighted by Crippen LogP contribution is -2.33. The van der Waals surface area contributed by atoms with Gasteiger partial charge in [-0.25, -0.2) is 13.9 Å². The number of fused-ring (bicyclic) bond motifs is 1. The molecular formula is C24H29FN10O. The molecular weight excluding hydrogens is 463 g/mol. The summed E-state index contributed by atoms with van der Waals surface area (Å²) in [6.45, 7) is 4.09. The molecule has 0 bridgehead atoms. The van der Waals surface area contributed by atoms with E-state index in [9.17, 15) is 9.18 Å². The first kappa shape index (κ1) is 23.7. The van der Waals surface area contributed by atoms with Crippen LogP contribution in [-0.2, 0) is 0 Å². The molecule has 36 heavy (non-hydrogen) atoms. The Morgan fingerprint density at radius 2 is 1.92 bits per heavy atom. The lowest BCUT2D eigenvalue weighted by Gasteiger charge is -2.27. The van der Waals surface area contributed by atoms with Crippen molar-refractivity contribution in [3.05, 3.63) is 54.5 Å². The normalized spacial score (nSPS) is 17.9. The highest BCUT2D eigenvalue weighted by Crippen LogP contribution is 2.27. The van der Waals surface area contributed by atoms with E-state index in [-0.39, 0.29) is 29.5 Å². The number of hydrogen-bond acceptors (Lipinski definition) is 8. The zero-order valence-corrected chi connectivity index (χ0v) is 20.1. The lowest BCUT2D eigenvalue weighted by atomic mass is 9.92. The van der Waals surface area contributed by atoms with E-state index in [0.717, 1.165) is 31.9 Å². The Labute approximate surface area is 207 Å². The van der Waals surface area contributed by atoms with Gasteiger partial charge < -0.3 is 21.7 Å². The van der Waals surface area contributed by atoms with Gasteiger partial charge in [-0.3, -0.25) is 14.5 Å². The molecule has 0 aliphatic heterocycles. The van der Waals surface area contributed by atoms with Crippen molar-refractivity contribution in [3.8, 4) is 0 Å². The van der Waals surface area contributed by atoms with E-state index < -0.39 is 11.7 Å². The maximum absolute atomic E-state index is 14.1. The topological polar surface area (TPSA) is 140 Å². The molecule has 11 nitrogen and oxygen atoms in total. The van der Waals surface area contributed by atoms with Gasteiger partial charge in [-0.2, -0.15) is 5.10 Å². The molecule has 0 aromatic carbocycles. The largest absolute Gasteiger partial charge is 0.366 e. The number of carbonyl (C=O) groups is 1. The van der Waals surface area contributed by atoms with Crippen LogP contribution in [0.15, 0.2) is 43.0 Å². The molecule has 0 atom stereocenters. The SMILES string of the molecule is CC(C)n1ccc(Nc2cc(NC3CCC(N)CC3)nn3c(C(=O)Nc4ccncc4F)cnc23)n1. The highest BCUT2D eigenvalue weighted by Gasteiger charge is 2.22. The van der Waals surface area contributed by atoms with Gasteiger partial charge in [0.1, 0.15) is 5.82 Å². The zero-order valence-electron chi connectivity index (χ0n) is 20.1. The van der Waals surface area contributed by atoms with Crippen molar-refractivity contribution in [2.45, 2.75) is 57.7 Å². The Hall–Kier alpha value is -4.06. The molecule has 0 radical (unpaired) electrons. The van der Waals surface area contributed by atoms with Crippen molar-refractivity contribution in [1.82, 2.24) is 29.4 Å². The fraction of sp³-hybridized carbons (Fsp3) is 0.375. The molecule has 5 N–H and O–H groups in total. The number of rotatable bonds is 7. The third-order valence-corrected chi connectivity index (χ3v) is 6.24. The first-order chi connectivity index (χ1) is 17.4. The van der Waals surface area contributed by atoms with Gasteiger partial charge in [0.05, 0.1) is 23.8 Å². The van der Waals surface area contributed by atoms with Crippen molar-refractivity contribution < 1.29 is 9.18 Å². The summed E-state index contributed by atoms with van der Waals surface area (Å²) in [5.74, 6) is 0.0414. The third-order valence-electron chi connectivity index (χ3n) is 6.24. The molecule has 1 aliphatic rings. The van der Waals surface area contributed by atoms with E-state index in [1.165, 1.54) is 23.0 Å². The highest BCUT2D eigenvalue weighted by molar-refractivity contribution is 6.03. The minimum Gasteiger partial charge on any atom is -0.366 e.